The summed E-state index contributed by atoms with van der Waals surface area (Å²) < 4.78 is 25.2. The third-order valence-corrected chi connectivity index (χ3v) is 3.62. The largest absolute Gasteiger partial charge is 0.493 e. The van der Waals surface area contributed by atoms with Gasteiger partial charge in [-0.05, 0) is 52.7 Å². The van der Waals surface area contributed by atoms with Crippen molar-refractivity contribution in [3.63, 3.8) is 0 Å². The normalized spacial score (nSPS) is 10.3. The first-order valence-electron chi connectivity index (χ1n) is 6.63. The Bertz CT molecular complexity index is 599. The molecule has 2 aromatic carbocycles. The molecule has 0 unspecified atom stereocenters. The summed E-state index contributed by atoms with van der Waals surface area (Å²) in [6, 6.07) is 10.5. The zero-order valence-electron chi connectivity index (χ0n) is 12.0. The number of rotatable bonds is 6. The fraction of sp³-hybridized carbons (Fsp3) is 0.250. The van der Waals surface area contributed by atoms with E-state index in [1.54, 1.807) is 19.2 Å². The quantitative estimate of drug-likeness (QED) is 0.822. The summed E-state index contributed by atoms with van der Waals surface area (Å²) in [5.74, 6) is 1.09. The fourth-order valence-electron chi connectivity index (χ4n) is 1.95. The lowest BCUT2D eigenvalue weighted by molar-refractivity contribution is 0.310. The van der Waals surface area contributed by atoms with Crippen LogP contribution >= 0.6 is 15.9 Å². The predicted octanol–water partition coefficient (Wildman–Crippen LogP) is 4.61. The fourth-order valence-corrected chi connectivity index (χ4v) is 2.44. The summed E-state index contributed by atoms with van der Waals surface area (Å²) in [4.78, 5) is 0. The molecular weight excluding hydrogens is 337 g/mol. The minimum Gasteiger partial charge on any atom is -0.493 e. The molecule has 0 radical (unpaired) electrons. The van der Waals surface area contributed by atoms with Gasteiger partial charge in [0, 0.05) is 11.0 Å². The Morgan fingerprint density at radius 1 is 1.19 bits per heavy atom. The predicted molar refractivity (Wildman–Crippen MR) is 85.6 cm³/mol. The number of hydrogen-bond donors (Lipinski definition) is 1. The lowest BCUT2D eigenvalue weighted by atomic mass is 10.2. The van der Waals surface area contributed by atoms with E-state index in [4.69, 9.17) is 9.47 Å². The Kier molecular flexibility index (Phi) is 5.44. The van der Waals surface area contributed by atoms with E-state index in [0.717, 1.165) is 5.56 Å². The average molecular weight is 354 g/mol. The Morgan fingerprint density at radius 2 is 2.00 bits per heavy atom. The van der Waals surface area contributed by atoms with Crippen LogP contribution in [0.25, 0.3) is 0 Å². The molecule has 0 spiro atoms. The Hall–Kier alpha value is -1.75. The molecule has 0 amide bonds. The van der Waals surface area contributed by atoms with Crippen LogP contribution in [0, 0.1) is 5.82 Å². The van der Waals surface area contributed by atoms with Crippen molar-refractivity contribution in [1.82, 2.24) is 0 Å². The molecule has 1 N–H and O–H groups in total. The number of hydrogen-bond acceptors (Lipinski definition) is 3. The van der Waals surface area contributed by atoms with Crippen molar-refractivity contribution in [2.24, 2.45) is 0 Å². The topological polar surface area (TPSA) is 30.5 Å². The average Bonchev–Trinajstić information content (AvgIpc) is 2.48. The number of benzene rings is 2. The second-order valence-electron chi connectivity index (χ2n) is 4.37. The summed E-state index contributed by atoms with van der Waals surface area (Å²) in [5, 5.41) is 3.08. The van der Waals surface area contributed by atoms with Gasteiger partial charge >= 0.3 is 0 Å². The van der Waals surface area contributed by atoms with Gasteiger partial charge < -0.3 is 14.8 Å². The van der Waals surface area contributed by atoms with E-state index >= 15 is 0 Å². The highest BCUT2D eigenvalue weighted by Crippen LogP contribution is 2.29. The number of ether oxygens (including phenoxy) is 2. The maximum atomic E-state index is 13.7. The molecule has 112 valence electrons. The van der Waals surface area contributed by atoms with Gasteiger partial charge in [-0.25, -0.2) is 4.39 Å². The molecule has 0 fully saturated rings. The lowest BCUT2D eigenvalue weighted by Crippen LogP contribution is -2.03. The third kappa shape index (κ3) is 3.88. The van der Waals surface area contributed by atoms with Gasteiger partial charge in [-0.2, -0.15) is 0 Å². The molecule has 0 aliphatic rings. The first-order chi connectivity index (χ1) is 10.2. The van der Waals surface area contributed by atoms with Crippen LogP contribution in [0.15, 0.2) is 40.9 Å². The molecule has 21 heavy (non-hydrogen) atoms. The molecule has 0 atom stereocenters. The highest BCUT2D eigenvalue weighted by Gasteiger charge is 2.08. The van der Waals surface area contributed by atoms with Crippen molar-refractivity contribution in [2.75, 3.05) is 19.0 Å². The van der Waals surface area contributed by atoms with Gasteiger partial charge in [-0.1, -0.05) is 12.1 Å². The van der Waals surface area contributed by atoms with E-state index < -0.39 is 0 Å². The molecule has 2 rings (SSSR count). The van der Waals surface area contributed by atoms with E-state index in [-0.39, 0.29) is 5.82 Å². The SMILES string of the molecule is CCOc1ccc(CNc2c(F)cccc2Br)cc1OC. The molecule has 0 aliphatic heterocycles. The van der Waals surface area contributed by atoms with Crippen molar-refractivity contribution >= 4 is 21.6 Å². The van der Waals surface area contributed by atoms with Gasteiger partial charge in [-0.3, -0.25) is 0 Å². The maximum absolute atomic E-state index is 13.7. The van der Waals surface area contributed by atoms with Crippen LogP contribution in [0.1, 0.15) is 12.5 Å². The van der Waals surface area contributed by atoms with Gasteiger partial charge in [0.05, 0.1) is 19.4 Å². The highest BCUT2D eigenvalue weighted by molar-refractivity contribution is 9.10. The molecule has 0 aliphatic carbocycles. The van der Waals surface area contributed by atoms with E-state index in [0.29, 0.717) is 34.8 Å². The molecule has 5 heteroatoms. The zero-order valence-corrected chi connectivity index (χ0v) is 13.5. The van der Waals surface area contributed by atoms with E-state index in [9.17, 15) is 4.39 Å². The summed E-state index contributed by atoms with van der Waals surface area (Å²) in [6.07, 6.45) is 0. The van der Waals surface area contributed by atoms with Gasteiger partial charge in [0.25, 0.3) is 0 Å². The summed E-state index contributed by atoms with van der Waals surface area (Å²) in [6.45, 7) is 2.99. The minimum absolute atomic E-state index is 0.290. The standard InChI is InChI=1S/C16H17BrFNO2/c1-3-21-14-8-7-11(9-15(14)20-2)10-19-16-12(17)5-4-6-13(16)18/h4-9,19H,3,10H2,1-2H3. The number of nitrogens with one attached hydrogen (secondary N) is 1. The van der Waals surface area contributed by atoms with Crippen molar-refractivity contribution < 1.29 is 13.9 Å². The van der Waals surface area contributed by atoms with Crippen LogP contribution < -0.4 is 14.8 Å². The van der Waals surface area contributed by atoms with Crippen molar-refractivity contribution in [2.45, 2.75) is 13.5 Å². The summed E-state index contributed by atoms with van der Waals surface area (Å²) in [7, 11) is 1.60. The smallest absolute Gasteiger partial charge is 0.161 e. The monoisotopic (exact) mass is 353 g/mol. The molecule has 2 aromatic rings. The zero-order chi connectivity index (χ0) is 15.2. The van der Waals surface area contributed by atoms with Crippen LogP contribution in [-0.4, -0.2) is 13.7 Å². The van der Waals surface area contributed by atoms with Gasteiger partial charge in [-0.15, -0.1) is 0 Å². The van der Waals surface area contributed by atoms with E-state index in [2.05, 4.69) is 21.2 Å². The molecule has 0 bridgehead atoms. The third-order valence-electron chi connectivity index (χ3n) is 2.96. The van der Waals surface area contributed by atoms with E-state index in [1.807, 2.05) is 25.1 Å². The van der Waals surface area contributed by atoms with Crippen LogP contribution in [0.3, 0.4) is 0 Å². The molecule has 0 heterocycles. The number of methoxy groups -OCH3 is 1. The van der Waals surface area contributed by atoms with E-state index in [1.165, 1.54) is 6.07 Å². The minimum atomic E-state index is -0.290. The Labute approximate surface area is 132 Å². The lowest BCUT2D eigenvalue weighted by Gasteiger charge is -2.13. The van der Waals surface area contributed by atoms with Gasteiger partial charge in [0.2, 0.25) is 0 Å². The summed E-state index contributed by atoms with van der Waals surface area (Å²) >= 11 is 3.33. The van der Waals surface area contributed by atoms with Crippen LogP contribution in [0.2, 0.25) is 0 Å². The Balaban J connectivity index is 2.13. The number of anilines is 1. The maximum Gasteiger partial charge on any atom is 0.161 e. The Morgan fingerprint density at radius 3 is 2.67 bits per heavy atom. The molecule has 0 saturated carbocycles. The van der Waals surface area contributed by atoms with Crippen LogP contribution in [-0.2, 0) is 6.54 Å². The molecular formula is C16H17BrFNO2. The second kappa shape index (κ2) is 7.31. The first-order valence-corrected chi connectivity index (χ1v) is 7.42. The molecule has 0 aromatic heterocycles. The second-order valence-corrected chi connectivity index (χ2v) is 5.22. The molecule has 0 saturated heterocycles. The van der Waals surface area contributed by atoms with Crippen LogP contribution in [0.4, 0.5) is 10.1 Å². The first kappa shape index (κ1) is 15.6. The van der Waals surface area contributed by atoms with Gasteiger partial charge in [0.1, 0.15) is 5.82 Å². The highest BCUT2D eigenvalue weighted by atomic mass is 79.9. The van der Waals surface area contributed by atoms with Crippen molar-refractivity contribution in [1.29, 1.82) is 0 Å². The van der Waals surface area contributed by atoms with Crippen molar-refractivity contribution in [3.05, 3.63) is 52.3 Å². The molecule has 3 nitrogen and oxygen atoms in total. The van der Waals surface area contributed by atoms with Crippen molar-refractivity contribution in [3.8, 4) is 11.5 Å². The number of halogens is 2. The summed E-state index contributed by atoms with van der Waals surface area (Å²) in [5.41, 5.74) is 1.43. The van der Waals surface area contributed by atoms with Crippen LogP contribution in [0.5, 0.6) is 11.5 Å². The van der Waals surface area contributed by atoms with Gasteiger partial charge in [0.15, 0.2) is 11.5 Å². The number of para-hydroxylation sites is 1.